The summed E-state index contributed by atoms with van der Waals surface area (Å²) in [7, 11) is 0. The minimum Gasteiger partial charge on any atom is -0.449 e. The van der Waals surface area contributed by atoms with Crippen molar-refractivity contribution in [2.24, 2.45) is 0 Å². The van der Waals surface area contributed by atoms with Gasteiger partial charge in [-0.3, -0.25) is 4.79 Å². The van der Waals surface area contributed by atoms with Crippen LogP contribution >= 0.6 is 11.3 Å². The smallest absolute Gasteiger partial charge is 0.339 e. The number of ketones is 1. The molecule has 1 unspecified atom stereocenters. The molecule has 2 aromatic carbocycles. The lowest BCUT2D eigenvalue weighted by molar-refractivity contribution is 0.0278. The zero-order valence-corrected chi connectivity index (χ0v) is 16.3. The van der Waals surface area contributed by atoms with E-state index >= 15 is 0 Å². The van der Waals surface area contributed by atoms with Gasteiger partial charge in [-0.1, -0.05) is 54.6 Å². The summed E-state index contributed by atoms with van der Waals surface area (Å²) < 4.78 is 11.1. The second-order valence-electron chi connectivity index (χ2n) is 6.21. The topological polar surface area (TPSA) is 82.3 Å². The fraction of sp³-hybridized carbons (Fsp3) is 0.0909. The van der Waals surface area contributed by atoms with Gasteiger partial charge in [-0.25, -0.2) is 4.79 Å². The Labute approximate surface area is 170 Å². The van der Waals surface area contributed by atoms with Crippen LogP contribution < -0.4 is 0 Å². The van der Waals surface area contributed by atoms with Crippen molar-refractivity contribution in [3.05, 3.63) is 94.7 Å². The van der Waals surface area contributed by atoms with E-state index in [1.165, 1.54) is 11.3 Å². The summed E-state index contributed by atoms with van der Waals surface area (Å²) in [6, 6.07) is 19.1. The number of nitrogens with zero attached hydrogens (tertiary/aromatic N) is 2. The van der Waals surface area contributed by atoms with Crippen molar-refractivity contribution in [1.82, 2.24) is 10.2 Å². The SMILES string of the molecule is CC(OC(=O)c1ccccc1C(=O)c1ccccc1)c1nnc(-c2cccs2)o1. The Morgan fingerprint density at radius 3 is 2.38 bits per heavy atom. The number of hydrogen-bond donors (Lipinski definition) is 0. The van der Waals surface area contributed by atoms with Crippen LogP contribution in [0.1, 0.15) is 45.2 Å². The van der Waals surface area contributed by atoms with Gasteiger partial charge in [-0.2, -0.15) is 0 Å². The zero-order chi connectivity index (χ0) is 20.2. The number of carbonyl (C=O) groups excluding carboxylic acids is 2. The Morgan fingerprint density at radius 2 is 1.66 bits per heavy atom. The molecule has 1 atom stereocenters. The van der Waals surface area contributed by atoms with Crippen LogP contribution in [0.2, 0.25) is 0 Å². The first kappa shape index (κ1) is 18.8. The van der Waals surface area contributed by atoms with Crippen LogP contribution in [0.4, 0.5) is 0 Å². The van der Waals surface area contributed by atoms with Crippen molar-refractivity contribution in [2.45, 2.75) is 13.0 Å². The molecular weight excluding hydrogens is 388 g/mol. The summed E-state index contributed by atoms with van der Waals surface area (Å²) in [4.78, 5) is 26.4. The van der Waals surface area contributed by atoms with Gasteiger partial charge < -0.3 is 9.15 Å². The highest BCUT2D eigenvalue weighted by Gasteiger charge is 2.24. The fourth-order valence-electron chi connectivity index (χ4n) is 2.78. The van der Waals surface area contributed by atoms with Gasteiger partial charge in [-0.05, 0) is 24.4 Å². The second kappa shape index (κ2) is 8.20. The maximum atomic E-state index is 12.8. The second-order valence-corrected chi connectivity index (χ2v) is 7.16. The first-order valence-corrected chi connectivity index (χ1v) is 9.78. The van der Waals surface area contributed by atoms with E-state index in [1.54, 1.807) is 55.5 Å². The molecule has 29 heavy (non-hydrogen) atoms. The molecule has 0 aliphatic carbocycles. The van der Waals surface area contributed by atoms with E-state index in [4.69, 9.17) is 9.15 Å². The lowest BCUT2D eigenvalue weighted by atomic mass is 9.98. The van der Waals surface area contributed by atoms with Crippen molar-refractivity contribution < 1.29 is 18.7 Å². The summed E-state index contributed by atoms with van der Waals surface area (Å²) in [6.45, 7) is 1.64. The predicted molar refractivity (Wildman–Crippen MR) is 108 cm³/mol. The Morgan fingerprint density at radius 1 is 0.931 bits per heavy atom. The van der Waals surface area contributed by atoms with E-state index < -0.39 is 12.1 Å². The van der Waals surface area contributed by atoms with E-state index in [1.807, 2.05) is 23.6 Å². The molecule has 0 bridgehead atoms. The molecule has 0 fully saturated rings. The number of esters is 1. The number of rotatable bonds is 6. The largest absolute Gasteiger partial charge is 0.449 e. The molecule has 0 spiro atoms. The quantitative estimate of drug-likeness (QED) is 0.334. The van der Waals surface area contributed by atoms with Crippen molar-refractivity contribution in [3.63, 3.8) is 0 Å². The van der Waals surface area contributed by atoms with E-state index in [0.29, 0.717) is 11.5 Å². The van der Waals surface area contributed by atoms with Gasteiger partial charge >= 0.3 is 5.97 Å². The lowest BCUT2D eigenvalue weighted by Crippen LogP contribution is -2.14. The van der Waals surface area contributed by atoms with Gasteiger partial charge in [0.2, 0.25) is 0 Å². The monoisotopic (exact) mass is 404 g/mol. The Kier molecular flexibility index (Phi) is 5.31. The average Bonchev–Trinajstić information content (AvgIpc) is 3.45. The van der Waals surface area contributed by atoms with Crippen LogP contribution in [0.15, 0.2) is 76.5 Å². The Hall–Kier alpha value is -3.58. The summed E-state index contributed by atoms with van der Waals surface area (Å²) in [5, 5.41) is 9.87. The van der Waals surface area contributed by atoms with Crippen LogP contribution in [0.25, 0.3) is 10.8 Å². The molecule has 0 N–H and O–H groups in total. The van der Waals surface area contributed by atoms with Crippen LogP contribution in [-0.4, -0.2) is 21.9 Å². The highest BCUT2D eigenvalue weighted by atomic mass is 32.1. The third-order valence-electron chi connectivity index (χ3n) is 4.23. The predicted octanol–water partition coefficient (Wildman–Crippen LogP) is 4.95. The molecule has 0 radical (unpaired) electrons. The third kappa shape index (κ3) is 4.00. The third-order valence-corrected chi connectivity index (χ3v) is 5.09. The summed E-state index contributed by atoms with van der Waals surface area (Å²) in [5.74, 6) is -0.317. The maximum Gasteiger partial charge on any atom is 0.339 e. The minimum absolute atomic E-state index is 0.186. The molecular formula is C22H16N2O4S. The number of carbonyl (C=O) groups is 2. The summed E-state index contributed by atoms with van der Waals surface area (Å²) in [6.07, 6.45) is -0.761. The van der Waals surface area contributed by atoms with E-state index in [2.05, 4.69) is 10.2 Å². The number of benzene rings is 2. The number of thiophene rings is 1. The molecule has 0 saturated heterocycles. The van der Waals surface area contributed by atoms with Crippen LogP contribution in [0.3, 0.4) is 0 Å². The average molecular weight is 404 g/mol. The Bertz CT molecular complexity index is 1140. The summed E-state index contributed by atoms with van der Waals surface area (Å²) >= 11 is 1.47. The number of aromatic nitrogens is 2. The molecule has 7 heteroatoms. The normalized spacial score (nSPS) is 11.8. The molecule has 144 valence electrons. The molecule has 0 aliphatic rings. The summed E-state index contributed by atoms with van der Waals surface area (Å²) in [5.41, 5.74) is 0.963. The van der Waals surface area contributed by atoms with Gasteiger partial charge in [0.25, 0.3) is 11.8 Å². The molecule has 2 aromatic heterocycles. The fourth-order valence-corrected chi connectivity index (χ4v) is 3.42. The van der Waals surface area contributed by atoms with Crippen LogP contribution in [-0.2, 0) is 4.74 Å². The van der Waals surface area contributed by atoms with Crippen molar-refractivity contribution >= 4 is 23.1 Å². The van der Waals surface area contributed by atoms with E-state index in [-0.39, 0.29) is 22.8 Å². The van der Waals surface area contributed by atoms with Gasteiger partial charge in [-0.15, -0.1) is 21.5 Å². The highest BCUT2D eigenvalue weighted by Crippen LogP contribution is 2.26. The zero-order valence-electron chi connectivity index (χ0n) is 15.4. The molecule has 0 amide bonds. The molecule has 2 heterocycles. The molecule has 4 rings (SSSR count). The molecule has 0 saturated carbocycles. The molecule has 4 aromatic rings. The Balaban J connectivity index is 1.54. The van der Waals surface area contributed by atoms with Crippen LogP contribution in [0.5, 0.6) is 0 Å². The van der Waals surface area contributed by atoms with Crippen molar-refractivity contribution in [3.8, 4) is 10.8 Å². The van der Waals surface area contributed by atoms with E-state index in [9.17, 15) is 9.59 Å². The van der Waals surface area contributed by atoms with Gasteiger partial charge in [0.1, 0.15) is 0 Å². The first-order chi connectivity index (χ1) is 14.1. The van der Waals surface area contributed by atoms with Crippen molar-refractivity contribution in [2.75, 3.05) is 0 Å². The van der Waals surface area contributed by atoms with Gasteiger partial charge in [0, 0.05) is 11.1 Å². The first-order valence-electron chi connectivity index (χ1n) is 8.90. The highest BCUT2D eigenvalue weighted by molar-refractivity contribution is 7.13. The van der Waals surface area contributed by atoms with Crippen LogP contribution in [0, 0.1) is 0 Å². The lowest BCUT2D eigenvalue weighted by Gasteiger charge is -2.12. The molecule has 6 nitrogen and oxygen atoms in total. The van der Waals surface area contributed by atoms with Gasteiger partial charge in [0.05, 0.1) is 10.4 Å². The molecule has 0 aliphatic heterocycles. The van der Waals surface area contributed by atoms with Crippen molar-refractivity contribution in [1.29, 1.82) is 0 Å². The number of ether oxygens (including phenoxy) is 1. The number of hydrogen-bond acceptors (Lipinski definition) is 7. The van der Waals surface area contributed by atoms with Gasteiger partial charge in [0.15, 0.2) is 11.9 Å². The minimum atomic E-state index is -0.761. The van der Waals surface area contributed by atoms with E-state index in [0.717, 1.165) is 4.88 Å². The standard InChI is InChI=1S/C22H16N2O4S/c1-14(20-23-24-21(28-20)18-12-7-13-29-18)27-22(26)17-11-6-5-10-16(17)19(25)15-8-3-2-4-9-15/h2-14H,1H3. The maximum absolute atomic E-state index is 12.8.